The highest BCUT2D eigenvalue weighted by Crippen LogP contribution is 2.27. The van der Waals surface area contributed by atoms with Crippen LogP contribution >= 0.6 is 0 Å². The van der Waals surface area contributed by atoms with Crippen LogP contribution in [0.25, 0.3) is 0 Å². The molecule has 2 N–H and O–H groups in total. The lowest BCUT2D eigenvalue weighted by Gasteiger charge is -2.30. The third kappa shape index (κ3) is 4.60. The molecule has 2 atom stereocenters. The van der Waals surface area contributed by atoms with Gasteiger partial charge in [0.2, 0.25) is 0 Å². The number of rotatable bonds is 7. The van der Waals surface area contributed by atoms with E-state index in [1.807, 2.05) is 0 Å². The van der Waals surface area contributed by atoms with E-state index in [4.69, 9.17) is 0 Å². The Morgan fingerprint density at radius 2 is 1.85 bits per heavy atom. The summed E-state index contributed by atoms with van der Waals surface area (Å²) in [6.45, 7) is 3.57. The van der Waals surface area contributed by atoms with Crippen molar-refractivity contribution in [2.24, 2.45) is 5.92 Å². The molecule has 2 rings (SSSR count). The Bertz CT molecular complexity index is 359. The molecule has 0 bridgehead atoms. The number of benzene rings is 1. The smallest absolute Gasteiger partial charge is 0.0437 e. The molecule has 2 unspecified atom stereocenters. The Morgan fingerprint density at radius 1 is 1.15 bits per heavy atom. The average molecular weight is 275 g/mol. The standard InChI is InChI=1S/C18H29NO/c1-15(16-8-4-2-5-9-16)19-14-18(12-13-20)17-10-6-3-7-11-17/h3,6-7,10-11,15-16,18-20H,2,4-5,8-9,12-14H2,1H3. The van der Waals surface area contributed by atoms with Gasteiger partial charge in [-0.1, -0.05) is 49.6 Å². The molecule has 0 aliphatic heterocycles. The van der Waals surface area contributed by atoms with Crippen molar-refractivity contribution >= 4 is 0 Å². The minimum absolute atomic E-state index is 0.263. The van der Waals surface area contributed by atoms with E-state index in [2.05, 4.69) is 42.6 Å². The van der Waals surface area contributed by atoms with Gasteiger partial charge in [-0.3, -0.25) is 0 Å². The Hall–Kier alpha value is -0.860. The first-order chi connectivity index (χ1) is 9.81. The fourth-order valence-corrected chi connectivity index (χ4v) is 3.40. The summed E-state index contributed by atoms with van der Waals surface area (Å²) in [5, 5.41) is 13.0. The second kappa shape index (κ2) is 8.43. The molecular weight excluding hydrogens is 246 g/mol. The summed E-state index contributed by atoms with van der Waals surface area (Å²) in [6, 6.07) is 11.2. The predicted octanol–water partition coefficient (Wildman–Crippen LogP) is 3.71. The van der Waals surface area contributed by atoms with Crippen molar-refractivity contribution in [1.82, 2.24) is 5.32 Å². The van der Waals surface area contributed by atoms with E-state index in [9.17, 15) is 5.11 Å². The molecule has 0 amide bonds. The van der Waals surface area contributed by atoms with Crippen LogP contribution in [0.1, 0.15) is 56.9 Å². The maximum atomic E-state index is 9.28. The first-order valence-corrected chi connectivity index (χ1v) is 8.20. The lowest BCUT2D eigenvalue weighted by Crippen LogP contribution is -2.37. The van der Waals surface area contributed by atoms with Crippen LogP contribution in [0.3, 0.4) is 0 Å². The SMILES string of the molecule is CC(NCC(CCO)c1ccccc1)C1CCCCC1. The van der Waals surface area contributed by atoms with Crippen molar-refractivity contribution < 1.29 is 5.11 Å². The molecule has 1 fully saturated rings. The molecule has 0 heterocycles. The summed E-state index contributed by atoms with van der Waals surface area (Å²) in [6.07, 6.45) is 7.81. The van der Waals surface area contributed by atoms with Gasteiger partial charge in [0.05, 0.1) is 0 Å². The van der Waals surface area contributed by atoms with E-state index >= 15 is 0 Å². The van der Waals surface area contributed by atoms with Crippen LogP contribution in [-0.2, 0) is 0 Å². The van der Waals surface area contributed by atoms with Crippen molar-refractivity contribution in [2.75, 3.05) is 13.2 Å². The minimum Gasteiger partial charge on any atom is -0.396 e. The van der Waals surface area contributed by atoms with Crippen LogP contribution in [0.4, 0.5) is 0 Å². The largest absolute Gasteiger partial charge is 0.396 e. The third-order valence-electron chi connectivity index (χ3n) is 4.79. The summed E-state index contributed by atoms with van der Waals surface area (Å²) in [5.74, 6) is 1.27. The second-order valence-electron chi connectivity index (χ2n) is 6.21. The van der Waals surface area contributed by atoms with E-state index in [1.54, 1.807) is 0 Å². The van der Waals surface area contributed by atoms with Gasteiger partial charge in [0.25, 0.3) is 0 Å². The normalized spacial score (nSPS) is 19.7. The molecule has 20 heavy (non-hydrogen) atoms. The highest BCUT2D eigenvalue weighted by Gasteiger charge is 2.20. The molecule has 0 spiro atoms. The predicted molar refractivity (Wildman–Crippen MR) is 84.9 cm³/mol. The molecule has 1 aromatic carbocycles. The Labute approximate surface area is 123 Å². The Balaban J connectivity index is 1.85. The highest BCUT2D eigenvalue weighted by molar-refractivity contribution is 5.19. The maximum absolute atomic E-state index is 9.28. The summed E-state index contributed by atoms with van der Waals surface area (Å²) in [5.41, 5.74) is 1.34. The topological polar surface area (TPSA) is 32.3 Å². The number of hydrogen-bond acceptors (Lipinski definition) is 2. The summed E-state index contributed by atoms with van der Waals surface area (Å²) in [4.78, 5) is 0. The van der Waals surface area contributed by atoms with Crippen LogP contribution in [0, 0.1) is 5.92 Å². The Morgan fingerprint density at radius 3 is 2.50 bits per heavy atom. The van der Waals surface area contributed by atoms with Crippen molar-refractivity contribution in [3.05, 3.63) is 35.9 Å². The number of hydrogen-bond donors (Lipinski definition) is 2. The highest BCUT2D eigenvalue weighted by atomic mass is 16.3. The zero-order valence-corrected chi connectivity index (χ0v) is 12.7. The second-order valence-corrected chi connectivity index (χ2v) is 6.21. The van der Waals surface area contributed by atoms with Gasteiger partial charge in [-0.15, -0.1) is 0 Å². The third-order valence-corrected chi connectivity index (χ3v) is 4.79. The van der Waals surface area contributed by atoms with E-state index in [-0.39, 0.29) is 6.61 Å². The van der Waals surface area contributed by atoms with Gasteiger partial charge in [-0.2, -0.15) is 0 Å². The fourth-order valence-electron chi connectivity index (χ4n) is 3.40. The van der Waals surface area contributed by atoms with Crippen LogP contribution in [0.15, 0.2) is 30.3 Å². The molecule has 1 aliphatic rings. The molecule has 1 saturated carbocycles. The molecule has 112 valence electrons. The van der Waals surface area contributed by atoms with Gasteiger partial charge in [-0.25, -0.2) is 0 Å². The summed E-state index contributed by atoms with van der Waals surface area (Å²) < 4.78 is 0. The monoisotopic (exact) mass is 275 g/mol. The quantitative estimate of drug-likeness (QED) is 0.795. The number of nitrogens with one attached hydrogen (secondary N) is 1. The van der Waals surface area contributed by atoms with E-state index in [0.717, 1.165) is 18.9 Å². The van der Waals surface area contributed by atoms with Gasteiger partial charge in [-0.05, 0) is 43.6 Å². The number of aliphatic hydroxyl groups excluding tert-OH is 1. The Kier molecular flexibility index (Phi) is 6.55. The van der Waals surface area contributed by atoms with Gasteiger partial charge in [0.15, 0.2) is 0 Å². The molecule has 0 radical (unpaired) electrons. The van der Waals surface area contributed by atoms with Gasteiger partial charge >= 0.3 is 0 Å². The maximum Gasteiger partial charge on any atom is 0.0437 e. The van der Waals surface area contributed by atoms with Crippen molar-refractivity contribution in [3.63, 3.8) is 0 Å². The van der Waals surface area contributed by atoms with Crippen molar-refractivity contribution in [2.45, 2.75) is 57.4 Å². The zero-order chi connectivity index (χ0) is 14.2. The molecule has 1 aromatic rings. The molecule has 0 aromatic heterocycles. The number of aliphatic hydroxyl groups is 1. The molecule has 1 aliphatic carbocycles. The van der Waals surface area contributed by atoms with Crippen molar-refractivity contribution in [3.8, 4) is 0 Å². The van der Waals surface area contributed by atoms with Crippen molar-refractivity contribution in [1.29, 1.82) is 0 Å². The first-order valence-electron chi connectivity index (χ1n) is 8.20. The van der Waals surface area contributed by atoms with Gasteiger partial charge < -0.3 is 10.4 Å². The summed E-state index contributed by atoms with van der Waals surface area (Å²) >= 11 is 0. The molecular formula is C18H29NO. The minimum atomic E-state index is 0.263. The van der Waals surface area contributed by atoms with Crippen LogP contribution < -0.4 is 5.32 Å². The molecule has 2 heteroatoms. The van der Waals surface area contributed by atoms with Crippen LogP contribution in [0.5, 0.6) is 0 Å². The van der Waals surface area contributed by atoms with Gasteiger partial charge in [0, 0.05) is 19.2 Å². The lowest BCUT2D eigenvalue weighted by atomic mass is 9.84. The fraction of sp³-hybridized carbons (Fsp3) is 0.667. The average Bonchev–Trinajstić information content (AvgIpc) is 2.53. The molecule has 0 saturated heterocycles. The summed E-state index contributed by atoms with van der Waals surface area (Å²) in [7, 11) is 0. The van der Waals surface area contributed by atoms with Gasteiger partial charge in [0.1, 0.15) is 0 Å². The van der Waals surface area contributed by atoms with Crippen LogP contribution in [-0.4, -0.2) is 24.3 Å². The zero-order valence-electron chi connectivity index (χ0n) is 12.7. The lowest BCUT2D eigenvalue weighted by molar-refractivity contribution is 0.256. The van der Waals surface area contributed by atoms with E-state index in [1.165, 1.54) is 37.7 Å². The first kappa shape index (κ1) is 15.5. The molecule has 2 nitrogen and oxygen atoms in total. The van der Waals surface area contributed by atoms with E-state index < -0.39 is 0 Å². The van der Waals surface area contributed by atoms with E-state index in [0.29, 0.717) is 12.0 Å². The van der Waals surface area contributed by atoms with Crippen LogP contribution in [0.2, 0.25) is 0 Å².